The maximum absolute atomic E-state index is 12.5. The van der Waals surface area contributed by atoms with Crippen molar-refractivity contribution in [1.82, 2.24) is 16.1 Å². The van der Waals surface area contributed by atoms with E-state index in [1.807, 2.05) is 0 Å². The minimum atomic E-state index is -0.759. The van der Waals surface area contributed by atoms with E-state index in [4.69, 9.17) is 18.6 Å². The van der Waals surface area contributed by atoms with Crippen LogP contribution >= 0.6 is 31.9 Å². The van der Waals surface area contributed by atoms with Gasteiger partial charge in [-0.05, 0) is 63.4 Å². The summed E-state index contributed by atoms with van der Waals surface area (Å²) < 4.78 is 22.6. The zero-order chi connectivity index (χ0) is 25.5. The summed E-state index contributed by atoms with van der Waals surface area (Å²) in [6, 6.07) is 5.31. The lowest BCUT2D eigenvalue weighted by Crippen LogP contribution is -2.45. The number of rotatable bonds is 9. The number of amides is 3. The lowest BCUT2D eigenvalue weighted by atomic mass is 9.95. The maximum Gasteiger partial charge on any atom is 0.338 e. The van der Waals surface area contributed by atoms with Crippen molar-refractivity contribution in [2.24, 2.45) is 5.10 Å². The minimum absolute atomic E-state index is 0.190. The zero-order valence-corrected chi connectivity index (χ0v) is 22.1. The number of benzene rings is 1. The van der Waals surface area contributed by atoms with Crippen molar-refractivity contribution >= 4 is 56.0 Å². The molecule has 11 nitrogen and oxygen atoms in total. The summed E-state index contributed by atoms with van der Waals surface area (Å²) >= 11 is 6.50. The Morgan fingerprint density at radius 2 is 2.03 bits per heavy atom. The summed E-state index contributed by atoms with van der Waals surface area (Å²) in [6.07, 6.45) is 1.34. The van der Waals surface area contributed by atoms with Gasteiger partial charge in [0, 0.05) is 11.8 Å². The van der Waals surface area contributed by atoms with Crippen LogP contribution in [0.2, 0.25) is 0 Å². The Kier molecular flexibility index (Phi) is 8.93. The highest BCUT2D eigenvalue weighted by molar-refractivity contribution is 9.13. The van der Waals surface area contributed by atoms with Crippen molar-refractivity contribution in [1.29, 1.82) is 0 Å². The molecule has 1 aromatic carbocycles. The lowest BCUT2D eigenvalue weighted by molar-refractivity contribution is -0.139. The van der Waals surface area contributed by atoms with Gasteiger partial charge < -0.3 is 29.3 Å². The summed E-state index contributed by atoms with van der Waals surface area (Å²) in [6.45, 7) is 3.17. The van der Waals surface area contributed by atoms with Gasteiger partial charge in [0.2, 0.25) is 0 Å². The normalized spacial score (nSPS) is 15.5. The molecule has 0 bridgehead atoms. The first-order valence-electron chi connectivity index (χ1n) is 10.3. The maximum atomic E-state index is 12.5. The van der Waals surface area contributed by atoms with Crippen molar-refractivity contribution in [3.63, 3.8) is 0 Å². The van der Waals surface area contributed by atoms with E-state index in [-0.39, 0.29) is 24.5 Å². The average Bonchev–Trinajstić information content (AvgIpc) is 3.13. The number of esters is 1. The molecule has 2 heterocycles. The number of nitrogens with zero attached hydrogens (tertiary/aromatic N) is 1. The van der Waals surface area contributed by atoms with Crippen LogP contribution in [0.5, 0.6) is 11.5 Å². The van der Waals surface area contributed by atoms with Gasteiger partial charge in [-0.15, -0.1) is 0 Å². The highest BCUT2D eigenvalue weighted by Crippen LogP contribution is 2.34. The Morgan fingerprint density at radius 1 is 1.26 bits per heavy atom. The van der Waals surface area contributed by atoms with Crippen molar-refractivity contribution in [2.45, 2.75) is 19.9 Å². The predicted molar refractivity (Wildman–Crippen MR) is 132 cm³/mol. The number of hydrogen-bond donors (Lipinski definition) is 3. The SMILES string of the molecule is CCOC(=O)C1=C(C)NC(=O)N[C@@H]1c1ccc(OCC(=O)N/N=C\c2cc(Br)c(Br)o2)c(OC)c1. The molecule has 0 fully saturated rings. The van der Waals surface area contributed by atoms with Crippen LogP contribution < -0.4 is 25.5 Å². The van der Waals surface area contributed by atoms with E-state index in [0.29, 0.717) is 31.9 Å². The Labute approximate surface area is 217 Å². The molecular formula is C22H22Br2N4O7. The van der Waals surface area contributed by atoms with Crippen LogP contribution in [-0.2, 0) is 14.3 Å². The molecule has 0 saturated carbocycles. The molecule has 0 radical (unpaired) electrons. The molecule has 13 heteroatoms. The number of hydrazone groups is 1. The summed E-state index contributed by atoms with van der Waals surface area (Å²) in [5.41, 5.74) is 3.56. The molecule has 1 aromatic heterocycles. The second kappa shape index (κ2) is 11.9. The third-order valence-electron chi connectivity index (χ3n) is 4.69. The quantitative estimate of drug-likeness (QED) is 0.223. The molecule has 3 rings (SSSR count). The number of methoxy groups -OCH3 is 1. The molecule has 3 N–H and O–H groups in total. The standard InChI is InChI=1S/C22H22Br2N4O7/c1-4-33-21(30)18-11(2)26-22(31)27-19(18)12-5-6-15(16(7-12)32-3)34-10-17(29)28-25-9-13-8-14(23)20(24)35-13/h5-9,19H,4,10H2,1-3H3,(H,28,29)(H2,26,27,31)/b25-9-/t19-/m1/s1. The predicted octanol–water partition coefficient (Wildman–Crippen LogP) is 3.53. The molecule has 186 valence electrons. The fourth-order valence-electron chi connectivity index (χ4n) is 3.18. The van der Waals surface area contributed by atoms with Crippen LogP contribution in [0.25, 0.3) is 0 Å². The fraction of sp³-hybridized carbons (Fsp3) is 0.273. The van der Waals surface area contributed by atoms with Gasteiger partial charge in [-0.25, -0.2) is 15.0 Å². The van der Waals surface area contributed by atoms with Crippen LogP contribution in [0, 0.1) is 0 Å². The number of urea groups is 1. The third-order valence-corrected chi connectivity index (χ3v) is 6.40. The molecule has 2 aromatic rings. The second-order valence-corrected chi connectivity index (χ2v) is 8.63. The number of allylic oxidation sites excluding steroid dienone is 1. The molecule has 1 aliphatic heterocycles. The molecule has 3 amide bonds. The van der Waals surface area contributed by atoms with Gasteiger partial charge >= 0.3 is 12.0 Å². The number of carbonyl (C=O) groups is 3. The summed E-state index contributed by atoms with van der Waals surface area (Å²) in [5.74, 6) is -0.0384. The number of nitrogens with one attached hydrogen (secondary N) is 3. The van der Waals surface area contributed by atoms with Gasteiger partial charge in [0.25, 0.3) is 5.91 Å². The van der Waals surface area contributed by atoms with Crippen molar-refractivity contribution in [3.05, 3.63) is 56.0 Å². The summed E-state index contributed by atoms with van der Waals surface area (Å²) in [7, 11) is 1.43. The third kappa shape index (κ3) is 6.63. The summed E-state index contributed by atoms with van der Waals surface area (Å²) in [5, 5.41) is 9.11. The number of halogens is 2. The van der Waals surface area contributed by atoms with Crippen LogP contribution in [0.3, 0.4) is 0 Å². The summed E-state index contributed by atoms with van der Waals surface area (Å²) in [4.78, 5) is 36.6. The second-order valence-electron chi connectivity index (χ2n) is 7.05. The Hall–Kier alpha value is -3.32. The highest BCUT2D eigenvalue weighted by atomic mass is 79.9. The van der Waals surface area contributed by atoms with E-state index in [2.05, 4.69) is 53.0 Å². The van der Waals surface area contributed by atoms with E-state index in [1.54, 1.807) is 38.1 Å². The molecule has 0 unspecified atom stereocenters. The Morgan fingerprint density at radius 3 is 2.69 bits per heavy atom. The fourth-order valence-corrected chi connectivity index (χ4v) is 3.78. The molecule has 0 spiro atoms. The number of hydrogen-bond acceptors (Lipinski definition) is 8. The average molecular weight is 614 g/mol. The minimum Gasteiger partial charge on any atom is -0.493 e. The van der Waals surface area contributed by atoms with E-state index in [0.717, 1.165) is 0 Å². The van der Waals surface area contributed by atoms with Gasteiger partial charge in [-0.3, -0.25) is 4.79 Å². The molecule has 35 heavy (non-hydrogen) atoms. The van der Waals surface area contributed by atoms with Gasteiger partial charge in [-0.1, -0.05) is 6.07 Å². The van der Waals surface area contributed by atoms with Crippen LogP contribution in [0.1, 0.15) is 31.2 Å². The number of carbonyl (C=O) groups excluding carboxylic acids is 3. The highest BCUT2D eigenvalue weighted by Gasteiger charge is 2.32. The van der Waals surface area contributed by atoms with E-state index < -0.39 is 23.9 Å². The monoisotopic (exact) mass is 612 g/mol. The van der Waals surface area contributed by atoms with Gasteiger partial charge in [0.15, 0.2) is 22.8 Å². The lowest BCUT2D eigenvalue weighted by Gasteiger charge is -2.28. The zero-order valence-electron chi connectivity index (χ0n) is 18.9. The molecule has 0 aliphatic carbocycles. The van der Waals surface area contributed by atoms with Gasteiger partial charge in [0.05, 0.1) is 36.0 Å². The first-order valence-corrected chi connectivity index (χ1v) is 11.8. The topological polar surface area (TPSA) is 140 Å². The van der Waals surface area contributed by atoms with E-state index in [1.165, 1.54) is 13.3 Å². The van der Waals surface area contributed by atoms with Crippen molar-refractivity contribution in [3.8, 4) is 11.5 Å². The largest absolute Gasteiger partial charge is 0.493 e. The number of ether oxygens (including phenoxy) is 3. The van der Waals surface area contributed by atoms with Crippen LogP contribution in [0.15, 0.2) is 54.2 Å². The molecule has 1 atom stereocenters. The molecule has 1 aliphatic rings. The molecular weight excluding hydrogens is 592 g/mol. The molecule has 0 saturated heterocycles. The van der Waals surface area contributed by atoms with Crippen LogP contribution in [-0.4, -0.2) is 44.4 Å². The first kappa shape index (κ1) is 26.3. The van der Waals surface area contributed by atoms with Gasteiger partial charge in [-0.2, -0.15) is 5.10 Å². The van der Waals surface area contributed by atoms with Crippen molar-refractivity contribution in [2.75, 3.05) is 20.3 Å². The number of furan rings is 1. The smallest absolute Gasteiger partial charge is 0.338 e. The van der Waals surface area contributed by atoms with E-state index in [9.17, 15) is 14.4 Å². The van der Waals surface area contributed by atoms with Gasteiger partial charge in [0.1, 0.15) is 5.76 Å². The Bertz CT molecular complexity index is 1170. The van der Waals surface area contributed by atoms with Crippen LogP contribution in [0.4, 0.5) is 4.79 Å². The van der Waals surface area contributed by atoms with Crippen molar-refractivity contribution < 1.29 is 33.0 Å². The van der Waals surface area contributed by atoms with E-state index >= 15 is 0 Å². The first-order chi connectivity index (χ1) is 16.7. The Balaban J connectivity index is 1.69.